The van der Waals surface area contributed by atoms with Gasteiger partial charge >= 0.3 is 21.1 Å². The van der Waals surface area contributed by atoms with Gasteiger partial charge in [0, 0.05) is 34.5 Å². The Bertz CT molecular complexity index is 2210. The van der Waals surface area contributed by atoms with E-state index in [-0.39, 0.29) is 21.1 Å². The van der Waals surface area contributed by atoms with Gasteiger partial charge in [0.25, 0.3) is 0 Å². The summed E-state index contributed by atoms with van der Waals surface area (Å²) < 4.78 is 10.8. The van der Waals surface area contributed by atoms with E-state index in [0.717, 1.165) is 68.8 Å². The minimum atomic E-state index is 0. The molecule has 4 aromatic carbocycles. The molecule has 0 radical (unpaired) electrons. The average molecular weight is 798 g/mol. The van der Waals surface area contributed by atoms with Gasteiger partial charge in [-0.15, -0.1) is 35.7 Å². The monoisotopic (exact) mass is 797 g/mol. The first-order chi connectivity index (χ1) is 22.3. The van der Waals surface area contributed by atoms with Crippen LogP contribution in [0.15, 0.2) is 91.1 Å². The maximum Gasteiger partial charge on any atom is 2.00 e. The van der Waals surface area contributed by atoms with Crippen LogP contribution in [0.1, 0.15) is 48.8 Å². The van der Waals surface area contributed by atoms with E-state index in [1.54, 1.807) is 0 Å². The molecule has 0 bridgehead atoms. The Labute approximate surface area is 291 Å². The van der Waals surface area contributed by atoms with Crippen molar-refractivity contribution in [2.24, 2.45) is 5.92 Å². The number of hydrogen-bond acceptors (Lipinski definition) is 3. The molecule has 0 spiro atoms. The van der Waals surface area contributed by atoms with Crippen molar-refractivity contribution in [1.29, 1.82) is 0 Å². The maximum absolute atomic E-state index is 6.60. The molecule has 0 aliphatic rings. The normalized spacial score (nSPS) is 11.4. The molecule has 0 fully saturated rings. The molecule has 47 heavy (non-hydrogen) atoms. The molecule has 0 amide bonds. The molecule has 7 rings (SSSR count). The van der Waals surface area contributed by atoms with Gasteiger partial charge in [0.05, 0.1) is 5.69 Å². The summed E-state index contributed by atoms with van der Waals surface area (Å²) in [6.45, 7) is 12.9. The average Bonchev–Trinajstić information content (AvgIpc) is 3.53. The van der Waals surface area contributed by atoms with E-state index in [4.69, 9.17) is 14.8 Å². The molecule has 0 aliphatic carbocycles. The Morgan fingerprint density at radius 1 is 0.809 bits per heavy atom. The van der Waals surface area contributed by atoms with E-state index < -0.39 is 0 Å². The molecule has 238 valence electrons. The quantitative estimate of drug-likeness (QED) is 0.144. The van der Waals surface area contributed by atoms with E-state index in [2.05, 4.69) is 125 Å². The third-order valence-electron chi connectivity index (χ3n) is 8.59. The number of benzene rings is 4. The first kappa shape index (κ1) is 32.5. The summed E-state index contributed by atoms with van der Waals surface area (Å²) in [7, 11) is 0. The zero-order valence-electron chi connectivity index (χ0n) is 27.7. The number of nitrogens with zero attached hydrogens (tertiary/aromatic N) is 4. The summed E-state index contributed by atoms with van der Waals surface area (Å²) in [6, 6.07) is 36.8. The number of pyridine rings is 1. The summed E-state index contributed by atoms with van der Waals surface area (Å²) in [6.07, 6.45) is 3.75. The van der Waals surface area contributed by atoms with Crippen molar-refractivity contribution in [2.75, 3.05) is 0 Å². The molecule has 3 heterocycles. The summed E-state index contributed by atoms with van der Waals surface area (Å²) in [5.74, 6) is 2.62. The van der Waals surface area contributed by atoms with E-state index in [1.165, 1.54) is 16.5 Å². The van der Waals surface area contributed by atoms with Gasteiger partial charge in [-0.05, 0) is 85.5 Å². The van der Waals surface area contributed by atoms with Crippen molar-refractivity contribution >= 4 is 21.8 Å². The van der Waals surface area contributed by atoms with Crippen LogP contribution in [0.3, 0.4) is 0 Å². The fourth-order valence-corrected chi connectivity index (χ4v) is 6.49. The van der Waals surface area contributed by atoms with Crippen LogP contribution in [0, 0.1) is 38.8 Å². The molecule has 0 saturated heterocycles. The number of fused-ring (bicyclic) bond motifs is 3. The fraction of sp³-hybridized carbons (Fsp3) is 0.220. The zero-order valence-corrected chi connectivity index (χ0v) is 29.9. The van der Waals surface area contributed by atoms with Crippen LogP contribution in [0.2, 0.25) is 0 Å². The molecule has 3 aromatic heterocycles. The van der Waals surface area contributed by atoms with Gasteiger partial charge in [-0.1, -0.05) is 68.8 Å². The minimum absolute atomic E-state index is 0. The molecule has 0 unspecified atom stereocenters. The Hall–Kier alpha value is -4.47. The number of aromatic nitrogens is 4. The smallest absolute Gasteiger partial charge is 0.509 e. The SMILES string of the molecule is CCc1ccc2c(c1)c1ccc(Oc3[c-]c(-n4nc(C)c(-c5ccccc5)c4C)cc(CC(C)C)c3)[c-]c1n2-c1cc(C)ccn1.[Pt+2]. The molecular formula is C41H38N4OPt. The topological polar surface area (TPSA) is 44.9 Å². The predicted molar refractivity (Wildman–Crippen MR) is 187 cm³/mol. The Balaban J connectivity index is 0.00000386. The Kier molecular flexibility index (Phi) is 9.21. The minimum Gasteiger partial charge on any atom is -0.509 e. The molecule has 0 aliphatic heterocycles. The van der Waals surface area contributed by atoms with Crippen LogP contribution < -0.4 is 4.74 Å². The molecule has 0 N–H and O–H groups in total. The molecule has 7 aromatic rings. The summed E-state index contributed by atoms with van der Waals surface area (Å²) in [5.41, 5.74) is 10.9. The van der Waals surface area contributed by atoms with Gasteiger partial charge in [-0.2, -0.15) is 16.7 Å². The van der Waals surface area contributed by atoms with Gasteiger partial charge in [0.15, 0.2) is 0 Å². The maximum atomic E-state index is 6.60. The fourth-order valence-electron chi connectivity index (χ4n) is 6.49. The summed E-state index contributed by atoms with van der Waals surface area (Å²) >= 11 is 0. The van der Waals surface area contributed by atoms with Gasteiger partial charge in [-0.25, -0.2) is 4.98 Å². The van der Waals surface area contributed by atoms with Crippen LogP contribution in [-0.4, -0.2) is 19.3 Å². The molecule has 0 atom stereocenters. The van der Waals surface area contributed by atoms with Crippen molar-refractivity contribution in [3.8, 4) is 34.1 Å². The van der Waals surface area contributed by atoms with Gasteiger partial charge in [0.1, 0.15) is 5.82 Å². The second kappa shape index (κ2) is 13.3. The number of rotatable bonds is 8. The molecule has 6 heteroatoms. The van der Waals surface area contributed by atoms with E-state index >= 15 is 0 Å². The zero-order chi connectivity index (χ0) is 31.9. The molecule has 5 nitrogen and oxygen atoms in total. The summed E-state index contributed by atoms with van der Waals surface area (Å²) in [5, 5.41) is 7.28. The van der Waals surface area contributed by atoms with E-state index in [0.29, 0.717) is 17.4 Å². The van der Waals surface area contributed by atoms with Gasteiger partial charge < -0.3 is 9.30 Å². The molecule has 0 saturated carbocycles. The number of hydrogen-bond donors (Lipinski definition) is 0. The third kappa shape index (κ3) is 6.29. The van der Waals surface area contributed by atoms with Crippen LogP contribution in [0.5, 0.6) is 11.5 Å². The first-order valence-corrected chi connectivity index (χ1v) is 16.1. The third-order valence-corrected chi connectivity index (χ3v) is 8.59. The predicted octanol–water partition coefficient (Wildman–Crippen LogP) is 10.1. The second-order valence-electron chi connectivity index (χ2n) is 12.6. The van der Waals surface area contributed by atoms with Gasteiger partial charge in [-0.3, -0.25) is 4.68 Å². The largest absolute Gasteiger partial charge is 2.00 e. The Morgan fingerprint density at radius 3 is 2.36 bits per heavy atom. The van der Waals surface area contributed by atoms with Crippen LogP contribution in [0.25, 0.3) is 44.4 Å². The van der Waals surface area contributed by atoms with Crippen molar-refractivity contribution in [2.45, 2.75) is 54.4 Å². The van der Waals surface area contributed by atoms with E-state index in [1.807, 2.05) is 29.1 Å². The Morgan fingerprint density at radius 2 is 1.62 bits per heavy atom. The standard InChI is InChI=1S/C41H38N4O.Pt/c1-7-30-13-16-38-37(23-30)36-15-14-34(25-39(36)44(38)40-20-27(4)17-18-42-40)46-35-22-31(19-26(2)3)21-33(24-35)45-29(6)41(28(5)43-45)32-11-9-8-10-12-32;/h8-18,20-23,26H,7,19H2,1-6H3;/q-2;+2. The van der Waals surface area contributed by atoms with Crippen molar-refractivity contribution < 1.29 is 25.8 Å². The summed E-state index contributed by atoms with van der Waals surface area (Å²) in [4.78, 5) is 4.75. The van der Waals surface area contributed by atoms with Crippen LogP contribution in [0.4, 0.5) is 0 Å². The van der Waals surface area contributed by atoms with E-state index in [9.17, 15) is 0 Å². The number of ether oxygens (including phenoxy) is 1. The van der Waals surface area contributed by atoms with Crippen LogP contribution >= 0.6 is 0 Å². The van der Waals surface area contributed by atoms with Crippen LogP contribution in [-0.2, 0) is 33.9 Å². The molecular weight excluding hydrogens is 760 g/mol. The van der Waals surface area contributed by atoms with Gasteiger partial charge in [0.2, 0.25) is 0 Å². The number of aryl methyl sites for hydroxylation is 3. The first-order valence-electron chi connectivity index (χ1n) is 16.1. The van der Waals surface area contributed by atoms with Crippen molar-refractivity contribution in [1.82, 2.24) is 19.3 Å². The second-order valence-corrected chi connectivity index (χ2v) is 12.6. The van der Waals surface area contributed by atoms with Crippen molar-refractivity contribution in [3.63, 3.8) is 0 Å². The van der Waals surface area contributed by atoms with Crippen molar-refractivity contribution in [3.05, 3.63) is 131 Å².